The number of hydrogen-bond donors (Lipinski definition) is 2. The van der Waals surface area contributed by atoms with Crippen LogP contribution in [0.25, 0.3) is 0 Å². The van der Waals surface area contributed by atoms with Crippen LogP contribution in [-0.4, -0.2) is 24.6 Å². The fraction of sp³-hybridized carbons (Fsp3) is 0.444. The zero-order valence-electron chi connectivity index (χ0n) is 15.4. The lowest BCUT2D eigenvalue weighted by Gasteiger charge is -2.27. The van der Waals surface area contributed by atoms with Gasteiger partial charge in [0, 0.05) is 11.0 Å². The van der Waals surface area contributed by atoms with Crippen molar-refractivity contribution in [1.29, 1.82) is 0 Å². The van der Waals surface area contributed by atoms with Gasteiger partial charge < -0.3 is 5.32 Å². The summed E-state index contributed by atoms with van der Waals surface area (Å²) in [6.07, 6.45) is 1.76. The molecular weight excluding hydrogens is 452 g/mol. The van der Waals surface area contributed by atoms with Crippen LogP contribution in [0.2, 0.25) is 5.02 Å². The highest BCUT2D eigenvalue weighted by molar-refractivity contribution is 9.10. The Kier molecular flexibility index (Phi) is 6.10. The van der Waals surface area contributed by atoms with Crippen LogP contribution < -0.4 is 10.0 Å². The Labute approximate surface area is 174 Å². The van der Waals surface area contributed by atoms with Crippen LogP contribution in [0.4, 0.5) is 5.69 Å². The van der Waals surface area contributed by atoms with E-state index in [4.69, 9.17) is 11.6 Å². The van der Waals surface area contributed by atoms with Gasteiger partial charge in [-0.05, 0) is 67.7 Å². The Bertz CT molecular complexity index is 894. The van der Waals surface area contributed by atoms with Crippen LogP contribution in [0.1, 0.15) is 55.8 Å². The van der Waals surface area contributed by atoms with E-state index in [0.717, 1.165) is 25.1 Å². The molecule has 1 amide bonds. The second kappa shape index (κ2) is 8.03. The molecule has 0 aliphatic carbocycles. The number of carbonyl (C=O) groups excluding carboxylic acids is 1. The molecule has 0 spiro atoms. The average molecular weight is 474 g/mol. The third kappa shape index (κ3) is 4.62. The molecule has 27 heavy (non-hydrogen) atoms. The lowest BCUT2D eigenvalue weighted by atomic mass is 10.1. The Morgan fingerprint density at radius 1 is 1.41 bits per heavy atom. The van der Waals surface area contributed by atoms with Crippen molar-refractivity contribution in [3.05, 3.63) is 45.1 Å². The predicted octanol–water partition coefficient (Wildman–Crippen LogP) is 4.44. The fourth-order valence-electron chi connectivity index (χ4n) is 2.81. The number of nitrogens with one attached hydrogen (secondary N) is 2. The molecule has 0 fully saturated rings. The number of rotatable bonds is 4. The normalized spacial score (nSPS) is 18.0. The van der Waals surface area contributed by atoms with Gasteiger partial charge in [0.05, 0.1) is 38.2 Å². The number of halogens is 2. The van der Waals surface area contributed by atoms with Gasteiger partial charge in [0.15, 0.2) is 5.69 Å². The lowest BCUT2D eigenvalue weighted by Crippen LogP contribution is -2.37. The van der Waals surface area contributed by atoms with Gasteiger partial charge in [0.25, 0.3) is 5.91 Å². The van der Waals surface area contributed by atoms with Crippen LogP contribution in [0, 0.1) is 0 Å². The summed E-state index contributed by atoms with van der Waals surface area (Å²) in [6.45, 7) is 6.52. The second-order valence-electron chi connectivity index (χ2n) is 7.43. The monoisotopic (exact) mass is 472 g/mol. The Morgan fingerprint density at radius 3 is 2.85 bits per heavy atom. The van der Waals surface area contributed by atoms with Gasteiger partial charge in [-0.15, -0.1) is 0 Å². The summed E-state index contributed by atoms with van der Waals surface area (Å²) in [5, 5.41) is 7.67. The van der Waals surface area contributed by atoms with Crippen molar-refractivity contribution < 1.29 is 9.00 Å². The summed E-state index contributed by atoms with van der Waals surface area (Å²) < 4.78 is 17.8. The van der Waals surface area contributed by atoms with Gasteiger partial charge in [-0.3, -0.25) is 9.48 Å². The van der Waals surface area contributed by atoms with Crippen LogP contribution in [0.3, 0.4) is 0 Å². The maximum atomic E-state index is 12.6. The molecule has 2 aromatic rings. The molecule has 9 heteroatoms. The zero-order valence-corrected chi connectivity index (χ0v) is 18.5. The van der Waals surface area contributed by atoms with Gasteiger partial charge in [0.1, 0.15) is 0 Å². The number of carbonyl (C=O) groups is 1. The predicted molar refractivity (Wildman–Crippen MR) is 112 cm³/mol. The van der Waals surface area contributed by atoms with E-state index >= 15 is 0 Å². The van der Waals surface area contributed by atoms with Crippen LogP contribution in [0.5, 0.6) is 0 Å². The van der Waals surface area contributed by atoms with E-state index < -0.39 is 11.0 Å². The van der Waals surface area contributed by atoms with Crippen molar-refractivity contribution in [2.75, 3.05) is 5.32 Å². The van der Waals surface area contributed by atoms with Crippen molar-refractivity contribution in [1.82, 2.24) is 14.5 Å². The minimum absolute atomic E-state index is 0.0951. The standard InChI is InChI=1S/C18H22BrClN4O2S/c1-18(2,3)27(26)23-12-8-5-9-24-15(12)10-14(22-24)17(25)21-13-7-4-6-11(19)16(13)20/h4,6-7,10,12,23H,5,8-9H2,1-3H3,(H,21,25)/t12-,27+/m0/s1. The van der Waals surface area contributed by atoms with Gasteiger partial charge in [0.2, 0.25) is 0 Å². The first-order chi connectivity index (χ1) is 12.7. The molecule has 1 aromatic carbocycles. The number of amides is 1. The van der Waals surface area contributed by atoms with E-state index in [2.05, 4.69) is 31.1 Å². The number of benzene rings is 1. The van der Waals surface area contributed by atoms with Crippen molar-refractivity contribution in [2.45, 2.75) is 50.9 Å². The molecule has 3 rings (SSSR count). The number of nitrogens with zero attached hydrogens (tertiary/aromatic N) is 2. The molecule has 2 atom stereocenters. The Hall–Kier alpha value is -1.22. The first-order valence-electron chi connectivity index (χ1n) is 8.68. The van der Waals surface area contributed by atoms with Gasteiger partial charge in [-0.25, -0.2) is 8.93 Å². The van der Waals surface area contributed by atoms with E-state index in [1.165, 1.54) is 0 Å². The van der Waals surface area contributed by atoms with E-state index in [1.54, 1.807) is 24.3 Å². The van der Waals surface area contributed by atoms with Crippen LogP contribution >= 0.6 is 27.5 Å². The van der Waals surface area contributed by atoms with Crippen molar-refractivity contribution in [2.24, 2.45) is 0 Å². The number of anilines is 1. The Balaban J connectivity index is 1.80. The number of hydrogen-bond acceptors (Lipinski definition) is 3. The molecule has 0 unspecified atom stereocenters. The molecule has 1 aliphatic rings. The highest BCUT2D eigenvalue weighted by Gasteiger charge is 2.29. The van der Waals surface area contributed by atoms with E-state index in [0.29, 0.717) is 20.9 Å². The van der Waals surface area contributed by atoms with Crippen molar-refractivity contribution in [3.8, 4) is 0 Å². The van der Waals surface area contributed by atoms with E-state index in [9.17, 15) is 9.00 Å². The summed E-state index contributed by atoms with van der Waals surface area (Å²) in [4.78, 5) is 12.6. The maximum Gasteiger partial charge on any atom is 0.276 e. The first-order valence-corrected chi connectivity index (χ1v) is 11.0. The van der Waals surface area contributed by atoms with Crippen LogP contribution in [-0.2, 0) is 17.5 Å². The maximum absolute atomic E-state index is 12.6. The summed E-state index contributed by atoms with van der Waals surface area (Å²) in [7, 11) is -1.20. The lowest BCUT2D eigenvalue weighted by molar-refractivity contribution is 0.102. The quantitative estimate of drug-likeness (QED) is 0.689. The zero-order chi connectivity index (χ0) is 19.8. The minimum Gasteiger partial charge on any atom is -0.319 e. The molecule has 1 aromatic heterocycles. The molecule has 6 nitrogen and oxygen atoms in total. The van der Waals surface area contributed by atoms with Crippen molar-refractivity contribution >= 4 is 50.1 Å². The molecule has 146 valence electrons. The average Bonchev–Trinajstić information content (AvgIpc) is 3.03. The minimum atomic E-state index is -1.20. The number of aryl methyl sites for hydroxylation is 1. The summed E-state index contributed by atoms with van der Waals surface area (Å²) in [5.41, 5.74) is 1.71. The molecule has 2 heterocycles. The molecule has 0 saturated heterocycles. The Morgan fingerprint density at radius 2 is 2.15 bits per heavy atom. The number of fused-ring (bicyclic) bond motifs is 1. The smallest absolute Gasteiger partial charge is 0.276 e. The van der Waals surface area contributed by atoms with Crippen molar-refractivity contribution in [3.63, 3.8) is 0 Å². The van der Waals surface area contributed by atoms with Gasteiger partial charge in [-0.2, -0.15) is 5.10 Å². The molecule has 0 radical (unpaired) electrons. The highest BCUT2D eigenvalue weighted by Crippen LogP contribution is 2.31. The van der Waals surface area contributed by atoms with Crippen LogP contribution in [0.15, 0.2) is 28.7 Å². The number of aromatic nitrogens is 2. The molecule has 0 saturated carbocycles. The van der Waals surface area contributed by atoms with E-state index in [1.807, 2.05) is 25.5 Å². The fourth-order valence-corrected chi connectivity index (χ4v) is 4.20. The molecular formula is C18H22BrClN4O2S. The molecule has 2 N–H and O–H groups in total. The third-order valence-electron chi connectivity index (χ3n) is 4.27. The van der Waals surface area contributed by atoms with Gasteiger partial charge >= 0.3 is 0 Å². The van der Waals surface area contributed by atoms with Gasteiger partial charge in [-0.1, -0.05) is 17.7 Å². The third-order valence-corrected chi connectivity index (χ3v) is 7.18. The largest absolute Gasteiger partial charge is 0.319 e. The molecule has 0 bridgehead atoms. The highest BCUT2D eigenvalue weighted by atomic mass is 79.9. The molecule has 1 aliphatic heterocycles. The summed E-state index contributed by atoms with van der Waals surface area (Å²) in [5.74, 6) is -0.326. The first kappa shape index (κ1) is 20.5. The summed E-state index contributed by atoms with van der Waals surface area (Å²) >= 11 is 9.56. The van der Waals surface area contributed by atoms with E-state index in [-0.39, 0.29) is 16.7 Å². The summed E-state index contributed by atoms with van der Waals surface area (Å²) in [6, 6.07) is 7.00. The topological polar surface area (TPSA) is 76.0 Å². The SMILES string of the molecule is CC(C)(C)[S@@](=O)N[C@H]1CCCn2nc(C(=O)Nc3cccc(Br)c3Cl)cc21. The second-order valence-corrected chi connectivity index (χ2v) is 10.7.